The first kappa shape index (κ1) is 24.5. The van der Waals surface area contributed by atoms with Crippen LogP contribution in [0.1, 0.15) is 44.1 Å². The van der Waals surface area contributed by atoms with Gasteiger partial charge in [0, 0.05) is 33.1 Å². The van der Waals surface area contributed by atoms with E-state index in [2.05, 4.69) is 27.0 Å². The van der Waals surface area contributed by atoms with Crippen LogP contribution in [0.4, 0.5) is 0 Å². The Bertz CT molecular complexity index is 604. The monoisotopic (exact) mass is 502 g/mol. The Morgan fingerprint density at radius 1 is 1.07 bits per heavy atom. The molecule has 0 saturated heterocycles. The quantitative estimate of drug-likeness (QED) is 0.210. The lowest BCUT2D eigenvalue weighted by atomic mass is 9.87. The van der Waals surface area contributed by atoms with Crippen LogP contribution in [0.2, 0.25) is 0 Å². The number of halogens is 1. The summed E-state index contributed by atoms with van der Waals surface area (Å²) < 4.78 is 5.37. The number of carbonyl (C=O) groups excluding carboxylic acids is 1. The predicted octanol–water partition coefficient (Wildman–Crippen LogP) is 3.11. The van der Waals surface area contributed by atoms with E-state index in [1.54, 1.807) is 14.2 Å². The number of hydrogen-bond acceptors (Lipinski definition) is 3. The molecule has 1 aliphatic carbocycles. The molecule has 6 nitrogen and oxygen atoms in total. The highest BCUT2D eigenvalue weighted by molar-refractivity contribution is 14.0. The van der Waals surface area contributed by atoms with E-state index >= 15 is 0 Å². The van der Waals surface area contributed by atoms with Gasteiger partial charge >= 0.3 is 0 Å². The number of amides is 1. The van der Waals surface area contributed by atoms with Gasteiger partial charge in [0.05, 0.1) is 7.11 Å². The second kappa shape index (κ2) is 14.5. The molecular weight excluding hydrogens is 467 g/mol. The van der Waals surface area contributed by atoms with Crippen molar-refractivity contribution in [1.82, 2.24) is 16.0 Å². The molecule has 3 N–H and O–H groups in total. The van der Waals surface area contributed by atoms with E-state index in [4.69, 9.17) is 4.74 Å². The minimum atomic E-state index is 0. The molecule has 1 saturated carbocycles. The molecule has 1 aromatic carbocycles. The van der Waals surface area contributed by atoms with Gasteiger partial charge < -0.3 is 20.7 Å². The van der Waals surface area contributed by atoms with Crippen molar-refractivity contribution < 1.29 is 9.53 Å². The van der Waals surface area contributed by atoms with Gasteiger partial charge in [-0.05, 0) is 36.8 Å². The third-order valence-corrected chi connectivity index (χ3v) is 5.04. The van der Waals surface area contributed by atoms with Crippen LogP contribution in [0, 0.1) is 5.92 Å². The van der Waals surface area contributed by atoms with Crippen molar-refractivity contribution in [2.45, 2.75) is 44.9 Å². The van der Waals surface area contributed by atoms with Gasteiger partial charge in [0.1, 0.15) is 5.75 Å². The zero-order valence-electron chi connectivity index (χ0n) is 17.1. The number of methoxy groups -OCH3 is 1. The Balaban J connectivity index is 0.00000392. The maximum atomic E-state index is 12.0. The fourth-order valence-corrected chi connectivity index (χ4v) is 3.55. The van der Waals surface area contributed by atoms with Gasteiger partial charge in [0.2, 0.25) is 5.91 Å². The molecule has 1 aromatic rings. The first-order valence-corrected chi connectivity index (χ1v) is 10.1. The predicted molar refractivity (Wildman–Crippen MR) is 126 cm³/mol. The summed E-state index contributed by atoms with van der Waals surface area (Å²) in [6.07, 6.45) is 7.80. The molecule has 1 fully saturated rings. The lowest BCUT2D eigenvalue weighted by Gasteiger charge is -2.20. The van der Waals surface area contributed by atoms with E-state index in [0.29, 0.717) is 25.4 Å². The van der Waals surface area contributed by atoms with Gasteiger partial charge in [-0.3, -0.25) is 9.79 Å². The Morgan fingerprint density at radius 3 is 2.46 bits per heavy atom. The number of para-hydroxylation sites is 1. The summed E-state index contributed by atoms with van der Waals surface area (Å²) in [6.45, 7) is 2.03. The third-order valence-electron chi connectivity index (χ3n) is 5.04. The number of ether oxygens (including phenoxy) is 1. The molecule has 0 bridgehead atoms. The van der Waals surface area contributed by atoms with Crippen LogP contribution in [0.15, 0.2) is 29.3 Å². The largest absolute Gasteiger partial charge is 0.496 e. The fourth-order valence-electron chi connectivity index (χ4n) is 3.55. The SMILES string of the molecule is CN=C(NCCNC(=O)CC1CCCCC1)NCCc1ccccc1OC.I. The Kier molecular flexibility index (Phi) is 12.7. The Hall–Kier alpha value is -1.51. The second-order valence-corrected chi connectivity index (χ2v) is 7.05. The average molecular weight is 502 g/mol. The summed E-state index contributed by atoms with van der Waals surface area (Å²) in [5, 5.41) is 9.54. The van der Waals surface area contributed by atoms with E-state index in [1.165, 1.54) is 32.1 Å². The van der Waals surface area contributed by atoms with Crippen molar-refractivity contribution >= 4 is 35.8 Å². The molecule has 1 aliphatic rings. The van der Waals surface area contributed by atoms with Crippen LogP contribution in [0.5, 0.6) is 5.75 Å². The third kappa shape index (κ3) is 9.12. The van der Waals surface area contributed by atoms with E-state index in [1.807, 2.05) is 18.2 Å². The molecule has 0 unspecified atom stereocenters. The van der Waals surface area contributed by atoms with Crippen LogP contribution in [0.25, 0.3) is 0 Å². The number of nitrogens with one attached hydrogen (secondary N) is 3. The molecule has 7 heteroatoms. The molecule has 0 radical (unpaired) electrons. The lowest BCUT2D eigenvalue weighted by Crippen LogP contribution is -2.42. The van der Waals surface area contributed by atoms with Gasteiger partial charge in [-0.2, -0.15) is 0 Å². The highest BCUT2D eigenvalue weighted by Gasteiger charge is 2.16. The molecule has 158 valence electrons. The lowest BCUT2D eigenvalue weighted by molar-refractivity contribution is -0.122. The van der Waals surface area contributed by atoms with Gasteiger partial charge in [-0.25, -0.2) is 0 Å². The average Bonchev–Trinajstić information content (AvgIpc) is 2.70. The number of guanidine groups is 1. The maximum absolute atomic E-state index is 12.0. The first-order chi connectivity index (χ1) is 13.2. The van der Waals surface area contributed by atoms with Crippen LogP contribution in [-0.2, 0) is 11.2 Å². The van der Waals surface area contributed by atoms with E-state index in [9.17, 15) is 4.79 Å². The van der Waals surface area contributed by atoms with Crippen LogP contribution in [-0.4, -0.2) is 45.7 Å². The van der Waals surface area contributed by atoms with Crippen molar-refractivity contribution in [3.63, 3.8) is 0 Å². The number of carbonyl (C=O) groups is 1. The summed E-state index contributed by atoms with van der Waals surface area (Å²) in [5.74, 6) is 2.40. The standard InChI is InChI=1S/C21H34N4O2.HI/c1-22-21(24-13-12-18-10-6-7-11-19(18)27-2)25-15-14-23-20(26)16-17-8-4-3-5-9-17;/h6-7,10-11,17H,3-5,8-9,12-16H2,1-2H3,(H,23,26)(H2,22,24,25);1H. The second-order valence-electron chi connectivity index (χ2n) is 7.05. The molecule has 0 spiro atoms. The number of hydrogen-bond donors (Lipinski definition) is 3. The molecule has 0 aliphatic heterocycles. The van der Waals surface area contributed by atoms with Crippen molar-refractivity contribution in [3.05, 3.63) is 29.8 Å². The van der Waals surface area contributed by atoms with Gasteiger partial charge in [0.15, 0.2) is 5.96 Å². The summed E-state index contributed by atoms with van der Waals surface area (Å²) >= 11 is 0. The zero-order chi connectivity index (χ0) is 19.3. The van der Waals surface area contributed by atoms with Crippen molar-refractivity contribution in [2.24, 2.45) is 10.9 Å². The van der Waals surface area contributed by atoms with E-state index < -0.39 is 0 Å². The number of rotatable bonds is 9. The number of benzene rings is 1. The van der Waals surface area contributed by atoms with Gasteiger partial charge in [0.25, 0.3) is 0 Å². The Morgan fingerprint density at radius 2 is 1.75 bits per heavy atom. The minimum absolute atomic E-state index is 0. The molecule has 28 heavy (non-hydrogen) atoms. The number of aliphatic imine (C=N–C) groups is 1. The summed E-state index contributed by atoms with van der Waals surface area (Å²) in [6, 6.07) is 8.02. The molecule has 0 aromatic heterocycles. The Labute approximate surface area is 186 Å². The fraction of sp³-hybridized carbons (Fsp3) is 0.619. The van der Waals surface area contributed by atoms with E-state index in [-0.39, 0.29) is 29.9 Å². The van der Waals surface area contributed by atoms with Crippen molar-refractivity contribution in [1.29, 1.82) is 0 Å². The van der Waals surface area contributed by atoms with Crippen LogP contribution < -0.4 is 20.7 Å². The normalized spacial score (nSPS) is 14.7. The van der Waals surface area contributed by atoms with Crippen molar-refractivity contribution in [3.8, 4) is 5.75 Å². The molecular formula is C21H35IN4O2. The summed E-state index contributed by atoms with van der Waals surface area (Å²) in [4.78, 5) is 16.2. The molecule has 1 amide bonds. The maximum Gasteiger partial charge on any atom is 0.220 e. The summed E-state index contributed by atoms with van der Waals surface area (Å²) in [7, 11) is 3.44. The van der Waals surface area contributed by atoms with Gasteiger partial charge in [-0.15, -0.1) is 24.0 Å². The molecule has 2 rings (SSSR count). The smallest absolute Gasteiger partial charge is 0.220 e. The first-order valence-electron chi connectivity index (χ1n) is 10.1. The molecule has 0 atom stereocenters. The summed E-state index contributed by atoms with van der Waals surface area (Å²) in [5.41, 5.74) is 1.16. The number of nitrogens with zero attached hydrogens (tertiary/aromatic N) is 1. The van der Waals surface area contributed by atoms with Crippen LogP contribution >= 0.6 is 24.0 Å². The zero-order valence-corrected chi connectivity index (χ0v) is 19.5. The van der Waals surface area contributed by atoms with Crippen LogP contribution in [0.3, 0.4) is 0 Å². The van der Waals surface area contributed by atoms with Crippen molar-refractivity contribution in [2.75, 3.05) is 33.8 Å². The topological polar surface area (TPSA) is 74.8 Å². The van der Waals surface area contributed by atoms with Gasteiger partial charge in [-0.1, -0.05) is 37.5 Å². The highest BCUT2D eigenvalue weighted by Crippen LogP contribution is 2.25. The van der Waals surface area contributed by atoms with E-state index in [0.717, 1.165) is 30.2 Å². The molecule has 0 heterocycles. The minimum Gasteiger partial charge on any atom is -0.496 e. The highest BCUT2D eigenvalue weighted by atomic mass is 127.